The number of fused-ring (bicyclic) bond motifs is 2. The lowest BCUT2D eigenvalue weighted by molar-refractivity contribution is -0.159. The Labute approximate surface area is 77.9 Å². The van der Waals surface area contributed by atoms with Gasteiger partial charge in [-0.2, -0.15) is 0 Å². The molecule has 0 spiro atoms. The zero-order valence-corrected chi connectivity index (χ0v) is 7.93. The van der Waals surface area contributed by atoms with Gasteiger partial charge in [0.2, 0.25) is 0 Å². The number of allylic oxidation sites excluding steroid dienone is 2. The van der Waals surface area contributed by atoms with Crippen LogP contribution >= 0.6 is 0 Å². The van der Waals surface area contributed by atoms with Crippen LogP contribution in [0.15, 0.2) is 11.3 Å². The SMILES string of the molecule is CCOC(=O)C12CCC(N)=C(C1)C2. The van der Waals surface area contributed by atoms with E-state index >= 15 is 0 Å². The molecule has 0 heterocycles. The zero-order valence-electron chi connectivity index (χ0n) is 7.93. The van der Waals surface area contributed by atoms with E-state index in [2.05, 4.69) is 0 Å². The Morgan fingerprint density at radius 3 is 2.77 bits per heavy atom. The predicted octanol–water partition coefficient (Wildman–Crippen LogP) is 1.34. The van der Waals surface area contributed by atoms with Crippen LogP contribution in [0.25, 0.3) is 0 Å². The van der Waals surface area contributed by atoms with Gasteiger partial charge < -0.3 is 10.5 Å². The van der Waals surface area contributed by atoms with E-state index in [1.165, 1.54) is 5.57 Å². The van der Waals surface area contributed by atoms with Crippen LogP contribution in [0.3, 0.4) is 0 Å². The molecule has 3 aliphatic rings. The molecule has 0 radical (unpaired) electrons. The first-order chi connectivity index (χ1) is 6.18. The van der Waals surface area contributed by atoms with Crippen LogP contribution in [0.2, 0.25) is 0 Å². The molecule has 0 aromatic heterocycles. The van der Waals surface area contributed by atoms with Crippen molar-refractivity contribution in [3.8, 4) is 0 Å². The molecule has 1 saturated carbocycles. The van der Waals surface area contributed by atoms with Crippen molar-refractivity contribution in [2.75, 3.05) is 6.61 Å². The average molecular weight is 181 g/mol. The topological polar surface area (TPSA) is 52.3 Å². The van der Waals surface area contributed by atoms with E-state index in [1.807, 2.05) is 6.92 Å². The fourth-order valence-electron chi connectivity index (χ4n) is 2.25. The van der Waals surface area contributed by atoms with E-state index in [9.17, 15) is 4.79 Å². The van der Waals surface area contributed by atoms with Gasteiger partial charge in [0.25, 0.3) is 0 Å². The van der Waals surface area contributed by atoms with Crippen molar-refractivity contribution >= 4 is 5.97 Å². The van der Waals surface area contributed by atoms with Crippen molar-refractivity contribution in [3.05, 3.63) is 11.3 Å². The van der Waals surface area contributed by atoms with Crippen LogP contribution in [0, 0.1) is 5.41 Å². The highest BCUT2D eigenvalue weighted by Crippen LogP contribution is 2.54. The van der Waals surface area contributed by atoms with Gasteiger partial charge in [-0.05, 0) is 38.2 Å². The van der Waals surface area contributed by atoms with Crippen LogP contribution in [0.4, 0.5) is 0 Å². The number of esters is 1. The van der Waals surface area contributed by atoms with Gasteiger partial charge in [0, 0.05) is 5.70 Å². The highest BCUT2D eigenvalue weighted by molar-refractivity contribution is 5.80. The Morgan fingerprint density at radius 1 is 1.62 bits per heavy atom. The minimum atomic E-state index is -0.186. The van der Waals surface area contributed by atoms with Gasteiger partial charge in [0.05, 0.1) is 12.0 Å². The average Bonchev–Trinajstić information content (AvgIpc) is 2.03. The minimum Gasteiger partial charge on any atom is -0.466 e. The maximum absolute atomic E-state index is 11.6. The van der Waals surface area contributed by atoms with Crippen molar-refractivity contribution in [3.63, 3.8) is 0 Å². The third-order valence-electron chi connectivity index (χ3n) is 3.14. The number of ether oxygens (including phenoxy) is 1. The fourth-order valence-corrected chi connectivity index (χ4v) is 2.25. The van der Waals surface area contributed by atoms with Gasteiger partial charge >= 0.3 is 5.97 Å². The van der Waals surface area contributed by atoms with Crippen LogP contribution in [0.1, 0.15) is 32.6 Å². The van der Waals surface area contributed by atoms with Gasteiger partial charge in [0.1, 0.15) is 0 Å². The second-order valence-corrected chi connectivity index (χ2v) is 3.98. The zero-order chi connectivity index (χ0) is 9.47. The van der Waals surface area contributed by atoms with E-state index in [0.717, 1.165) is 31.4 Å². The highest BCUT2D eigenvalue weighted by Gasteiger charge is 2.51. The molecule has 0 atom stereocenters. The number of hydrogen-bond donors (Lipinski definition) is 1. The molecule has 3 rings (SSSR count). The Morgan fingerprint density at radius 2 is 2.31 bits per heavy atom. The summed E-state index contributed by atoms with van der Waals surface area (Å²) in [6, 6.07) is 0. The van der Waals surface area contributed by atoms with Gasteiger partial charge in [0.15, 0.2) is 0 Å². The van der Waals surface area contributed by atoms with Crippen molar-refractivity contribution in [1.29, 1.82) is 0 Å². The summed E-state index contributed by atoms with van der Waals surface area (Å²) in [5.74, 6) is -0.0220. The van der Waals surface area contributed by atoms with Gasteiger partial charge in [-0.25, -0.2) is 0 Å². The van der Waals surface area contributed by atoms with Gasteiger partial charge in [-0.15, -0.1) is 0 Å². The summed E-state index contributed by atoms with van der Waals surface area (Å²) < 4.78 is 5.06. The van der Waals surface area contributed by atoms with Crippen molar-refractivity contribution in [1.82, 2.24) is 0 Å². The lowest BCUT2D eigenvalue weighted by Gasteiger charge is -2.46. The smallest absolute Gasteiger partial charge is 0.312 e. The Kier molecular flexibility index (Phi) is 1.82. The van der Waals surface area contributed by atoms with Crippen LogP contribution in [0.5, 0.6) is 0 Å². The predicted molar refractivity (Wildman–Crippen MR) is 48.7 cm³/mol. The molecule has 13 heavy (non-hydrogen) atoms. The number of hydrogen-bond acceptors (Lipinski definition) is 3. The van der Waals surface area contributed by atoms with Crippen molar-refractivity contribution in [2.24, 2.45) is 11.1 Å². The van der Waals surface area contributed by atoms with Gasteiger partial charge in [-0.3, -0.25) is 4.79 Å². The van der Waals surface area contributed by atoms with Crippen LogP contribution in [-0.2, 0) is 9.53 Å². The summed E-state index contributed by atoms with van der Waals surface area (Å²) in [4.78, 5) is 11.6. The molecule has 3 aliphatic carbocycles. The molecule has 3 heteroatoms. The first kappa shape index (κ1) is 8.60. The second kappa shape index (κ2) is 2.76. The summed E-state index contributed by atoms with van der Waals surface area (Å²) in [6.45, 7) is 2.33. The van der Waals surface area contributed by atoms with E-state index in [4.69, 9.17) is 10.5 Å². The van der Waals surface area contributed by atoms with E-state index in [1.54, 1.807) is 0 Å². The lowest BCUT2D eigenvalue weighted by Crippen LogP contribution is -2.45. The molecule has 0 unspecified atom stereocenters. The molecular weight excluding hydrogens is 166 g/mol. The number of carbonyl (C=O) groups is 1. The molecule has 0 aromatic rings. The molecule has 2 bridgehead atoms. The van der Waals surface area contributed by atoms with E-state index in [0.29, 0.717) is 6.61 Å². The summed E-state index contributed by atoms with van der Waals surface area (Å²) >= 11 is 0. The third-order valence-corrected chi connectivity index (χ3v) is 3.14. The highest BCUT2D eigenvalue weighted by atomic mass is 16.5. The lowest BCUT2D eigenvalue weighted by atomic mass is 9.58. The third kappa shape index (κ3) is 1.14. The molecule has 3 nitrogen and oxygen atoms in total. The first-order valence-corrected chi connectivity index (χ1v) is 4.81. The fraction of sp³-hybridized carbons (Fsp3) is 0.700. The summed E-state index contributed by atoms with van der Waals surface area (Å²) in [6.07, 6.45) is 3.44. The minimum absolute atomic E-state index is 0.0220. The van der Waals surface area contributed by atoms with Crippen molar-refractivity contribution < 1.29 is 9.53 Å². The first-order valence-electron chi connectivity index (χ1n) is 4.81. The standard InChI is InChI=1S/C10H15NO2/c1-2-13-9(12)10-4-3-8(11)7(5-10)6-10/h2-6,11H2,1H3. The summed E-state index contributed by atoms with van der Waals surface area (Å²) in [5, 5.41) is 0. The van der Waals surface area contributed by atoms with Gasteiger partial charge in [-0.1, -0.05) is 0 Å². The Balaban J connectivity index is 2.08. The number of carbonyl (C=O) groups excluding carboxylic acids is 1. The normalized spacial score (nSPS) is 23.8. The van der Waals surface area contributed by atoms with Crippen LogP contribution in [-0.4, -0.2) is 12.6 Å². The van der Waals surface area contributed by atoms with Crippen LogP contribution < -0.4 is 5.73 Å². The van der Waals surface area contributed by atoms with E-state index in [-0.39, 0.29) is 11.4 Å². The number of rotatable bonds is 2. The molecule has 0 saturated heterocycles. The molecule has 1 fully saturated rings. The van der Waals surface area contributed by atoms with Crippen molar-refractivity contribution in [2.45, 2.75) is 32.6 Å². The molecule has 72 valence electrons. The largest absolute Gasteiger partial charge is 0.466 e. The Hall–Kier alpha value is -0.990. The summed E-state index contributed by atoms with van der Waals surface area (Å²) in [5.41, 5.74) is 7.87. The number of nitrogens with two attached hydrogens (primary N) is 1. The monoisotopic (exact) mass is 181 g/mol. The maximum Gasteiger partial charge on any atom is 0.312 e. The summed E-state index contributed by atoms with van der Waals surface area (Å²) in [7, 11) is 0. The second-order valence-electron chi connectivity index (χ2n) is 3.98. The molecule has 2 N–H and O–H groups in total. The molecule has 0 aliphatic heterocycles. The quantitative estimate of drug-likeness (QED) is 0.654. The maximum atomic E-state index is 11.6. The Bertz CT molecular complexity index is 273. The molecule has 0 amide bonds. The molecule has 0 aromatic carbocycles. The molecular formula is C10H15NO2. The van der Waals surface area contributed by atoms with E-state index < -0.39 is 0 Å².